The second-order valence-electron chi connectivity index (χ2n) is 3.04. The van der Waals surface area contributed by atoms with Crippen molar-refractivity contribution in [1.82, 2.24) is 20.2 Å². The van der Waals surface area contributed by atoms with Crippen LogP contribution in [0.5, 0.6) is 0 Å². The molecule has 0 aliphatic heterocycles. The van der Waals surface area contributed by atoms with E-state index in [-0.39, 0.29) is 5.91 Å². The van der Waals surface area contributed by atoms with Crippen molar-refractivity contribution in [3.05, 3.63) is 18.7 Å². The third kappa shape index (κ3) is 4.04. The molecule has 0 atom stereocenters. The van der Waals surface area contributed by atoms with E-state index in [4.69, 9.17) is 0 Å². The highest BCUT2D eigenvalue weighted by atomic mass is 16.1. The lowest BCUT2D eigenvalue weighted by atomic mass is 10.4. The van der Waals surface area contributed by atoms with Crippen LogP contribution in [0.4, 0.5) is 0 Å². The molecule has 0 aliphatic carbocycles. The maximum atomic E-state index is 11.3. The molecular weight excluding hydrogens is 180 g/mol. The lowest BCUT2D eigenvalue weighted by Gasteiger charge is -2.04. The highest BCUT2D eigenvalue weighted by Gasteiger charge is 2.00. The van der Waals surface area contributed by atoms with E-state index >= 15 is 0 Å². The van der Waals surface area contributed by atoms with Crippen LogP contribution in [0.2, 0.25) is 0 Å². The van der Waals surface area contributed by atoms with E-state index < -0.39 is 0 Å². The van der Waals surface area contributed by atoms with Crippen molar-refractivity contribution in [2.75, 3.05) is 20.1 Å². The lowest BCUT2D eigenvalue weighted by molar-refractivity contribution is -0.121. The number of nitrogens with zero attached hydrogens (tertiary/aromatic N) is 2. The molecule has 1 aromatic heterocycles. The number of aromatic nitrogens is 2. The summed E-state index contributed by atoms with van der Waals surface area (Å²) in [5, 5.41) is 5.85. The van der Waals surface area contributed by atoms with Crippen LogP contribution in [0.3, 0.4) is 0 Å². The molecule has 0 unspecified atom stereocenters. The van der Waals surface area contributed by atoms with Crippen LogP contribution >= 0.6 is 0 Å². The molecule has 0 saturated heterocycles. The highest BCUT2D eigenvalue weighted by Crippen LogP contribution is 1.85. The fourth-order valence-corrected chi connectivity index (χ4v) is 1.09. The van der Waals surface area contributed by atoms with Crippen LogP contribution in [0.1, 0.15) is 6.42 Å². The summed E-state index contributed by atoms with van der Waals surface area (Å²) in [7, 11) is 1.90. The highest BCUT2D eigenvalue weighted by molar-refractivity contribution is 5.75. The standard InChI is InChI=1S/C9H16N4O/c1-10-3-2-4-12-9(14)7-13-6-5-11-8-13/h5-6,8,10H,2-4,7H2,1H3,(H,12,14). The number of imidazole rings is 1. The minimum atomic E-state index is 0.0269. The van der Waals surface area contributed by atoms with E-state index in [9.17, 15) is 4.79 Å². The van der Waals surface area contributed by atoms with Gasteiger partial charge in [-0.1, -0.05) is 0 Å². The van der Waals surface area contributed by atoms with Crippen LogP contribution in [0.25, 0.3) is 0 Å². The third-order valence-electron chi connectivity index (χ3n) is 1.81. The van der Waals surface area contributed by atoms with E-state index in [1.165, 1.54) is 0 Å². The van der Waals surface area contributed by atoms with Crippen molar-refractivity contribution >= 4 is 5.91 Å². The number of hydrogen-bond acceptors (Lipinski definition) is 3. The quantitative estimate of drug-likeness (QED) is 0.609. The molecule has 5 heteroatoms. The van der Waals surface area contributed by atoms with Gasteiger partial charge in [-0.2, -0.15) is 0 Å². The summed E-state index contributed by atoms with van der Waals surface area (Å²) in [4.78, 5) is 15.2. The van der Waals surface area contributed by atoms with Gasteiger partial charge in [0.25, 0.3) is 0 Å². The van der Waals surface area contributed by atoms with Crippen molar-refractivity contribution < 1.29 is 4.79 Å². The smallest absolute Gasteiger partial charge is 0.239 e. The van der Waals surface area contributed by atoms with Crippen molar-refractivity contribution in [3.8, 4) is 0 Å². The first kappa shape index (κ1) is 10.7. The summed E-state index contributed by atoms with van der Waals surface area (Å²) in [6.07, 6.45) is 6.01. The summed E-state index contributed by atoms with van der Waals surface area (Å²) in [5.41, 5.74) is 0. The van der Waals surface area contributed by atoms with Gasteiger partial charge in [0.1, 0.15) is 6.54 Å². The molecule has 0 saturated carbocycles. The second-order valence-corrected chi connectivity index (χ2v) is 3.04. The van der Waals surface area contributed by atoms with E-state index in [2.05, 4.69) is 15.6 Å². The number of rotatable bonds is 6. The van der Waals surface area contributed by atoms with Gasteiger partial charge in [-0.3, -0.25) is 4.79 Å². The minimum Gasteiger partial charge on any atom is -0.355 e. The Morgan fingerprint density at radius 2 is 2.36 bits per heavy atom. The molecule has 0 aliphatic rings. The second kappa shape index (κ2) is 6.15. The Morgan fingerprint density at radius 3 is 3.00 bits per heavy atom. The SMILES string of the molecule is CNCCCNC(=O)Cn1ccnc1. The van der Waals surface area contributed by atoms with Crippen LogP contribution in [0.15, 0.2) is 18.7 Å². The first-order valence-corrected chi connectivity index (χ1v) is 4.70. The maximum absolute atomic E-state index is 11.3. The monoisotopic (exact) mass is 196 g/mol. The maximum Gasteiger partial charge on any atom is 0.239 e. The van der Waals surface area contributed by atoms with Crippen molar-refractivity contribution in [2.24, 2.45) is 0 Å². The Labute approximate surface area is 83.5 Å². The number of carbonyl (C=O) groups excluding carboxylic acids is 1. The molecule has 1 rings (SSSR count). The zero-order valence-corrected chi connectivity index (χ0v) is 8.36. The molecule has 5 nitrogen and oxygen atoms in total. The first-order valence-electron chi connectivity index (χ1n) is 4.70. The van der Waals surface area contributed by atoms with Gasteiger partial charge in [0.15, 0.2) is 0 Å². The van der Waals surface area contributed by atoms with E-state index in [0.29, 0.717) is 13.1 Å². The molecule has 1 heterocycles. The van der Waals surface area contributed by atoms with Gasteiger partial charge in [0.2, 0.25) is 5.91 Å². The van der Waals surface area contributed by atoms with Crippen molar-refractivity contribution in [2.45, 2.75) is 13.0 Å². The summed E-state index contributed by atoms with van der Waals surface area (Å²) in [6.45, 7) is 1.99. The number of hydrogen-bond donors (Lipinski definition) is 2. The molecule has 0 spiro atoms. The summed E-state index contributed by atoms with van der Waals surface area (Å²) in [6, 6.07) is 0. The van der Waals surface area contributed by atoms with Gasteiger partial charge in [0.05, 0.1) is 6.33 Å². The van der Waals surface area contributed by atoms with Gasteiger partial charge < -0.3 is 15.2 Å². The summed E-state index contributed by atoms with van der Waals surface area (Å²) < 4.78 is 1.74. The largest absolute Gasteiger partial charge is 0.355 e. The average Bonchev–Trinajstić information content (AvgIpc) is 2.65. The minimum absolute atomic E-state index is 0.0269. The average molecular weight is 196 g/mol. The molecule has 2 N–H and O–H groups in total. The fraction of sp³-hybridized carbons (Fsp3) is 0.556. The zero-order chi connectivity index (χ0) is 10.2. The molecular formula is C9H16N4O. The van der Waals surface area contributed by atoms with Gasteiger partial charge >= 0.3 is 0 Å². The number of carbonyl (C=O) groups is 1. The number of amides is 1. The van der Waals surface area contributed by atoms with Gasteiger partial charge in [-0.25, -0.2) is 4.98 Å². The lowest BCUT2D eigenvalue weighted by Crippen LogP contribution is -2.29. The molecule has 0 aromatic carbocycles. The normalized spacial score (nSPS) is 10.1. The predicted octanol–water partition coefficient (Wildman–Crippen LogP) is -0.391. The Kier molecular flexibility index (Phi) is 4.71. The third-order valence-corrected chi connectivity index (χ3v) is 1.81. The Bertz CT molecular complexity index is 258. The topological polar surface area (TPSA) is 58.9 Å². The number of nitrogens with one attached hydrogen (secondary N) is 2. The van der Waals surface area contributed by atoms with Crippen LogP contribution in [0, 0.1) is 0 Å². The van der Waals surface area contributed by atoms with Crippen molar-refractivity contribution in [1.29, 1.82) is 0 Å². The van der Waals surface area contributed by atoms with Gasteiger partial charge in [0, 0.05) is 18.9 Å². The zero-order valence-electron chi connectivity index (χ0n) is 8.36. The van der Waals surface area contributed by atoms with Crippen LogP contribution in [-0.4, -0.2) is 35.6 Å². The van der Waals surface area contributed by atoms with E-state index in [0.717, 1.165) is 13.0 Å². The van der Waals surface area contributed by atoms with Crippen LogP contribution in [-0.2, 0) is 11.3 Å². The molecule has 0 bridgehead atoms. The Hall–Kier alpha value is -1.36. The summed E-state index contributed by atoms with van der Waals surface area (Å²) >= 11 is 0. The molecule has 1 amide bonds. The van der Waals surface area contributed by atoms with Crippen LogP contribution < -0.4 is 10.6 Å². The summed E-state index contributed by atoms with van der Waals surface area (Å²) in [5.74, 6) is 0.0269. The van der Waals surface area contributed by atoms with Crippen molar-refractivity contribution in [3.63, 3.8) is 0 Å². The molecule has 0 fully saturated rings. The Balaban J connectivity index is 2.11. The Morgan fingerprint density at radius 1 is 1.50 bits per heavy atom. The fourth-order valence-electron chi connectivity index (χ4n) is 1.09. The van der Waals surface area contributed by atoms with E-state index in [1.807, 2.05) is 7.05 Å². The molecule has 1 aromatic rings. The molecule has 0 radical (unpaired) electrons. The predicted molar refractivity (Wildman–Crippen MR) is 53.8 cm³/mol. The molecule has 78 valence electrons. The first-order chi connectivity index (χ1) is 6.83. The van der Waals surface area contributed by atoms with E-state index in [1.54, 1.807) is 23.3 Å². The van der Waals surface area contributed by atoms with Gasteiger partial charge in [-0.05, 0) is 20.0 Å². The van der Waals surface area contributed by atoms with Gasteiger partial charge in [-0.15, -0.1) is 0 Å². The molecule has 14 heavy (non-hydrogen) atoms.